The smallest absolute Gasteiger partial charge is 0.237 e. The molecule has 22 heavy (non-hydrogen) atoms. The summed E-state index contributed by atoms with van der Waals surface area (Å²) in [6.45, 7) is 1.70. The fraction of sp³-hybridized carbons (Fsp3) is 0.533. The predicted octanol–water partition coefficient (Wildman–Crippen LogP) is 2.10. The fourth-order valence-corrected chi connectivity index (χ4v) is 2.47. The van der Waals surface area contributed by atoms with Gasteiger partial charge >= 0.3 is 0 Å². The molecule has 2 atom stereocenters. The van der Waals surface area contributed by atoms with E-state index in [0.717, 1.165) is 5.75 Å². The highest BCUT2D eigenvalue weighted by atomic mass is 32.2. The van der Waals surface area contributed by atoms with E-state index in [0.29, 0.717) is 23.5 Å². The summed E-state index contributed by atoms with van der Waals surface area (Å²) in [7, 11) is 2.91. The van der Waals surface area contributed by atoms with Crippen LogP contribution in [0.3, 0.4) is 0 Å². The first-order chi connectivity index (χ1) is 10.4. The van der Waals surface area contributed by atoms with E-state index in [9.17, 15) is 9.18 Å². The largest absolute Gasteiger partial charge is 0.493 e. The van der Waals surface area contributed by atoms with Crippen molar-refractivity contribution >= 4 is 17.7 Å². The SMILES string of the molecule is COc1cc(F)c(C(C)NC(=O)[C@@H](N)CCSC)cc1OC. The molecule has 0 fully saturated rings. The minimum atomic E-state index is -0.599. The predicted molar refractivity (Wildman–Crippen MR) is 87.0 cm³/mol. The maximum atomic E-state index is 14.1. The molecule has 124 valence electrons. The van der Waals surface area contributed by atoms with Crippen LogP contribution in [0.1, 0.15) is 24.9 Å². The van der Waals surface area contributed by atoms with E-state index < -0.39 is 17.9 Å². The minimum absolute atomic E-state index is 0.296. The molecule has 0 saturated heterocycles. The number of amides is 1. The van der Waals surface area contributed by atoms with Crippen LogP contribution in [0, 0.1) is 5.82 Å². The number of rotatable bonds is 8. The lowest BCUT2D eigenvalue weighted by atomic mass is 10.1. The summed E-state index contributed by atoms with van der Waals surface area (Å²) >= 11 is 1.62. The van der Waals surface area contributed by atoms with Crippen molar-refractivity contribution in [3.05, 3.63) is 23.5 Å². The summed E-state index contributed by atoms with van der Waals surface area (Å²) in [5.74, 6) is 0.748. The Morgan fingerprint density at radius 2 is 1.95 bits per heavy atom. The molecule has 0 radical (unpaired) electrons. The first-order valence-corrected chi connectivity index (χ1v) is 8.30. The van der Waals surface area contributed by atoms with Gasteiger partial charge in [-0.15, -0.1) is 0 Å². The first-order valence-electron chi connectivity index (χ1n) is 6.90. The summed E-state index contributed by atoms with van der Waals surface area (Å²) in [5.41, 5.74) is 6.13. The third-order valence-electron chi connectivity index (χ3n) is 3.30. The molecule has 0 heterocycles. The van der Waals surface area contributed by atoms with Crippen molar-refractivity contribution in [2.24, 2.45) is 5.73 Å². The third-order valence-corrected chi connectivity index (χ3v) is 3.94. The van der Waals surface area contributed by atoms with Crippen LogP contribution < -0.4 is 20.5 Å². The van der Waals surface area contributed by atoms with E-state index in [2.05, 4.69) is 5.32 Å². The molecular formula is C15H23FN2O3S. The second-order valence-electron chi connectivity index (χ2n) is 4.85. The molecule has 0 aliphatic rings. The van der Waals surface area contributed by atoms with Crippen LogP contribution in [0.4, 0.5) is 4.39 Å². The molecule has 0 aliphatic heterocycles. The summed E-state index contributed by atoms with van der Waals surface area (Å²) < 4.78 is 24.3. The number of carbonyl (C=O) groups is 1. The quantitative estimate of drug-likeness (QED) is 0.763. The van der Waals surface area contributed by atoms with Crippen molar-refractivity contribution in [1.29, 1.82) is 0 Å². The summed E-state index contributed by atoms with van der Waals surface area (Å²) in [4.78, 5) is 12.0. The minimum Gasteiger partial charge on any atom is -0.493 e. The Kier molecular flexibility index (Phi) is 7.47. The maximum Gasteiger partial charge on any atom is 0.237 e. The van der Waals surface area contributed by atoms with Gasteiger partial charge in [-0.2, -0.15) is 11.8 Å². The van der Waals surface area contributed by atoms with Crippen LogP contribution in [0.15, 0.2) is 12.1 Å². The highest BCUT2D eigenvalue weighted by Gasteiger charge is 2.20. The molecule has 0 bridgehead atoms. The van der Waals surface area contributed by atoms with E-state index in [4.69, 9.17) is 15.2 Å². The maximum absolute atomic E-state index is 14.1. The van der Waals surface area contributed by atoms with Crippen LogP contribution in [0.2, 0.25) is 0 Å². The number of hydrogen-bond donors (Lipinski definition) is 2. The number of ether oxygens (including phenoxy) is 2. The number of halogens is 1. The van der Waals surface area contributed by atoms with Crippen molar-refractivity contribution in [1.82, 2.24) is 5.32 Å². The Bertz CT molecular complexity index is 514. The lowest BCUT2D eigenvalue weighted by molar-refractivity contribution is -0.123. The molecule has 3 N–H and O–H groups in total. The van der Waals surface area contributed by atoms with Gasteiger partial charge in [0.25, 0.3) is 0 Å². The first kappa shape index (κ1) is 18.6. The zero-order valence-corrected chi connectivity index (χ0v) is 14.1. The Morgan fingerprint density at radius 1 is 1.36 bits per heavy atom. The number of nitrogens with two attached hydrogens (primary N) is 1. The molecule has 7 heteroatoms. The lowest BCUT2D eigenvalue weighted by Gasteiger charge is -2.19. The van der Waals surface area contributed by atoms with Gasteiger partial charge in [-0.1, -0.05) is 0 Å². The van der Waals surface area contributed by atoms with E-state index in [-0.39, 0.29) is 5.91 Å². The second-order valence-corrected chi connectivity index (χ2v) is 5.83. The van der Waals surface area contributed by atoms with E-state index >= 15 is 0 Å². The van der Waals surface area contributed by atoms with Crippen LogP contribution in [-0.4, -0.2) is 38.2 Å². The zero-order valence-electron chi connectivity index (χ0n) is 13.3. The molecule has 1 amide bonds. The van der Waals surface area contributed by atoms with Gasteiger partial charge in [0.1, 0.15) is 5.82 Å². The Labute approximate surface area is 134 Å². The highest BCUT2D eigenvalue weighted by molar-refractivity contribution is 7.98. The van der Waals surface area contributed by atoms with E-state index in [1.54, 1.807) is 18.7 Å². The van der Waals surface area contributed by atoms with Crippen molar-refractivity contribution < 1.29 is 18.7 Å². The van der Waals surface area contributed by atoms with Crippen LogP contribution >= 0.6 is 11.8 Å². The summed E-state index contributed by atoms with van der Waals surface area (Å²) in [6, 6.07) is 1.64. The van der Waals surface area contributed by atoms with Crippen molar-refractivity contribution in [2.75, 3.05) is 26.2 Å². The molecule has 1 unspecified atom stereocenters. The van der Waals surface area contributed by atoms with Crippen molar-refractivity contribution in [3.63, 3.8) is 0 Å². The van der Waals surface area contributed by atoms with Crippen molar-refractivity contribution in [2.45, 2.75) is 25.4 Å². The Hall–Kier alpha value is -1.47. The molecule has 5 nitrogen and oxygen atoms in total. The highest BCUT2D eigenvalue weighted by Crippen LogP contribution is 2.32. The second kappa shape index (κ2) is 8.85. The zero-order chi connectivity index (χ0) is 16.7. The topological polar surface area (TPSA) is 73.6 Å². The molecule has 0 aliphatic carbocycles. The normalized spacial score (nSPS) is 13.4. The van der Waals surface area contributed by atoms with E-state index in [1.165, 1.54) is 26.4 Å². The van der Waals surface area contributed by atoms with Gasteiger partial charge in [0.15, 0.2) is 11.5 Å². The average molecular weight is 330 g/mol. The Morgan fingerprint density at radius 3 is 2.50 bits per heavy atom. The third kappa shape index (κ3) is 4.78. The molecule has 1 aromatic carbocycles. The fourth-order valence-electron chi connectivity index (χ4n) is 1.98. The number of carbonyl (C=O) groups excluding carboxylic acids is 1. The molecule has 0 spiro atoms. The number of methoxy groups -OCH3 is 2. The summed E-state index contributed by atoms with van der Waals surface area (Å²) in [6.07, 6.45) is 2.53. The number of nitrogens with one attached hydrogen (secondary N) is 1. The summed E-state index contributed by atoms with van der Waals surface area (Å²) in [5, 5.41) is 2.72. The van der Waals surface area contributed by atoms with Gasteiger partial charge in [-0.3, -0.25) is 4.79 Å². The van der Waals surface area contributed by atoms with Crippen LogP contribution in [0.5, 0.6) is 11.5 Å². The van der Waals surface area contributed by atoms with Crippen LogP contribution in [0.25, 0.3) is 0 Å². The van der Waals surface area contributed by atoms with Gasteiger partial charge in [0.05, 0.1) is 26.3 Å². The molecule has 1 aromatic rings. The molecule has 0 saturated carbocycles. The average Bonchev–Trinajstić information content (AvgIpc) is 2.51. The number of thioether (sulfide) groups is 1. The van der Waals surface area contributed by atoms with Gasteiger partial charge in [0, 0.05) is 11.6 Å². The van der Waals surface area contributed by atoms with Gasteiger partial charge in [-0.25, -0.2) is 4.39 Å². The molecule has 0 aromatic heterocycles. The number of benzene rings is 1. The lowest BCUT2D eigenvalue weighted by Crippen LogP contribution is -2.42. The molecule has 1 rings (SSSR count). The Balaban J connectivity index is 2.84. The monoisotopic (exact) mass is 330 g/mol. The molecular weight excluding hydrogens is 307 g/mol. The number of hydrogen-bond acceptors (Lipinski definition) is 5. The van der Waals surface area contributed by atoms with Crippen LogP contribution in [-0.2, 0) is 4.79 Å². The van der Waals surface area contributed by atoms with Gasteiger partial charge in [-0.05, 0) is 31.4 Å². The standard InChI is InChI=1S/C15H23FN2O3S/c1-9(18-15(19)12(17)5-6-22-4)10-7-13(20-2)14(21-3)8-11(10)16/h7-9,12H,5-6,17H2,1-4H3,(H,18,19)/t9?,12-/m0/s1. The van der Waals surface area contributed by atoms with Crippen molar-refractivity contribution in [3.8, 4) is 11.5 Å². The van der Waals surface area contributed by atoms with Gasteiger partial charge in [0.2, 0.25) is 5.91 Å². The van der Waals surface area contributed by atoms with E-state index in [1.807, 2.05) is 6.26 Å². The van der Waals surface area contributed by atoms with Gasteiger partial charge < -0.3 is 20.5 Å².